The first-order valence-electron chi connectivity index (χ1n) is 9.13. The predicted molar refractivity (Wildman–Crippen MR) is 96.0 cm³/mol. The highest BCUT2D eigenvalue weighted by molar-refractivity contribution is 5.40. The molecule has 24 heavy (non-hydrogen) atoms. The van der Waals surface area contributed by atoms with Crippen molar-refractivity contribution in [1.29, 1.82) is 0 Å². The molecule has 0 radical (unpaired) electrons. The van der Waals surface area contributed by atoms with Gasteiger partial charge in [0.2, 0.25) is 0 Å². The van der Waals surface area contributed by atoms with Gasteiger partial charge in [-0.15, -0.1) is 0 Å². The number of fused-ring (bicyclic) bond motifs is 1. The van der Waals surface area contributed by atoms with Crippen LogP contribution in [0.3, 0.4) is 0 Å². The highest BCUT2D eigenvalue weighted by Crippen LogP contribution is 2.34. The Bertz CT molecular complexity index is 684. The second-order valence-electron chi connectivity index (χ2n) is 7.21. The van der Waals surface area contributed by atoms with Gasteiger partial charge in [0.25, 0.3) is 0 Å². The maximum absolute atomic E-state index is 4.69. The van der Waals surface area contributed by atoms with Gasteiger partial charge in [-0.3, -0.25) is 9.58 Å². The lowest BCUT2D eigenvalue weighted by Gasteiger charge is -2.31. The normalized spacial score (nSPS) is 20.6. The molecule has 128 valence electrons. The Morgan fingerprint density at radius 3 is 2.75 bits per heavy atom. The smallest absolute Gasteiger partial charge is 0.128 e. The second-order valence-corrected chi connectivity index (χ2v) is 7.21. The van der Waals surface area contributed by atoms with Crippen molar-refractivity contribution in [2.24, 2.45) is 7.05 Å². The van der Waals surface area contributed by atoms with Crippen molar-refractivity contribution < 1.29 is 0 Å². The van der Waals surface area contributed by atoms with Crippen LogP contribution in [-0.2, 0) is 20.0 Å². The van der Waals surface area contributed by atoms with Crippen LogP contribution in [0.2, 0.25) is 0 Å². The van der Waals surface area contributed by atoms with Crippen LogP contribution in [0.4, 0.5) is 5.82 Å². The molecule has 1 fully saturated rings. The maximum Gasteiger partial charge on any atom is 0.128 e. The van der Waals surface area contributed by atoms with E-state index in [0.717, 1.165) is 31.9 Å². The number of anilines is 1. The molecular formula is C19H27N5. The van der Waals surface area contributed by atoms with Crippen molar-refractivity contribution in [3.8, 4) is 0 Å². The third-order valence-corrected chi connectivity index (χ3v) is 5.55. The van der Waals surface area contributed by atoms with Crippen LogP contribution in [0.1, 0.15) is 48.5 Å². The van der Waals surface area contributed by atoms with E-state index in [1.165, 1.54) is 42.5 Å². The van der Waals surface area contributed by atoms with Gasteiger partial charge < -0.3 is 4.90 Å². The molecule has 1 aliphatic carbocycles. The van der Waals surface area contributed by atoms with E-state index in [-0.39, 0.29) is 0 Å². The molecule has 0 bridgehead atoms. The van der Waals surface area contributed by atoms with Crippen molar-refractivity contribution in [1.82, 2.24) is 19.7 Å². The molecule has 2 aromatic heterocycles. The molecule has 0 spiro atoms. The molecule has 0 amide bonds. The van der Waals surface area contributed by atoms with Crippen molar-refractivity contribution in [2.45, 2.75) is 44.7 Å². The molecule has 2 aromatic rings. The van der Waals surface area contributed by atoms with Crippen molar-refractivity contribution in [3.05, 3.63) is 41.3 Å². The first-order chi connectivity index (χ1) is 11.7. The molecule has 1 saturated heterocycles. The molecule has 5 nitrogen and oxygen atoms in total. The Balaban J connectivity index is 1.45. The van der Waals surface area contributed by atoms with Crippen molar-refractivity contribution in [2.75, 3.05) is 25.0 Å². The van der Waals surface area contributed by atoms with Crippen molar-refractivity contribution >= 4 is 5.82 Å². The van der Waals surface area contributed by atoms with Gasteiger partial charge in [-0.25, -0.2) is 4.98 Å². The molecule has 2 aliphatic rings. The third-order valence-electron chi connectivity index (χ3n) is 5.55. The highest BCUT2D eigenvalue weighted by atomic mass is 15.3. The number of aryl methyl sites for hydroxylation is 1. The molecule has 0 N–H and O–H groups in total. The number of hydrogen-bond donors (Lipinski definition) is 0. The highest BCUT2D eigenvalue weighted by Gasteiger charge is 2.26. The average Bonchev–Trinajstić information content (AvgIpc) is 3.26. The molecule has 0 unspecified atom stereocenters. The van der Waals surface area contributed by atoms with Crippen LogP contribution in [0.25, 0.3) is 0 Å². The fourth-order valence-corrected chi connectivity index (χ4v) is 4.18. The quantitative estimate of drug-likeness (QED) is 0.866. The molecule has 5 heteroatoms. The van der Waals surface area contributed by atoms with Crippen LogP contribution in [0.15, 0.2) is 24.5 Å². The fraction of sp³-hybridized carbons (Fsp3) is 0.579. The molecule has 0 aromatic carbocycles. The first kappa shape index (κ1) is 15.6. The molecular weight excluding hydrogens is 298 g/mol. The van der Waals surface area contributed by atoms with Gasteiger partial charge in [0.1, 0.15) is 5.82 Å². The van der Waals surface area contributed by atoms with Gasteiger partial charge in [-0.05, 0) is 50.8 Å². The zero-order valence-electron chi connectivity index (χ0n) is 14.8. The summed E-state index contributed by atoms with van der Waals surface area (Å²) < 4.78 is 2.04. The summed E-state index contributed by atoms with van der Waals surface area (Å²) in [5.74, 6) is 1.13. The SMILES string of the molecule is CN(Cc1ccc(N2CCCC2)nc1)[C@@H]1CCCc2c1cnn2C. The van der Waals surface area contributed by atoms with Gasteiger partial charge >= 0.3 is 0 Å². The lowest BCUT2D eigenvalue weighted by Crippen LogP contribution is -2.27. The number of rotatable bonds is 4. The largest absolute Gasteiger partial charge is 0.357 e. The third kappa shape index (κ3) is 2.93. The average molecular weight is 325 g/mol. The lowest BCUT2D eigenvalue weighted by atomic mass is 9.92. The molecule has 1 aliphatic heterocycles. The number of aromatic nitrogens is 3. The summed E-state index contributed by atoms with van der Waals surface area (Å²) in [6, 6.07) is 4.90. The van der Waals surface area contributed by atoms with E-state index >= 15 is 0 Å². The minimum Gasteiger partial charge on any atom is -0.357 e. The Morgan fingerprint density at radius 1 is 1.17 bits per heavy atom. The van der Waals surface area contributed by atoms with E-state index < -0.39 is 0 Å². The van der Waals surface area contributed by atoms with E-state index in [1.54, 1.807) is 0 Å². The summed E-state index contributed by atoms with van der Waals surface area (Å²) in [6.07, 6.45) is 10.3. The van der Waals surface area contributed by atoms with E-state index in [0.29, 0.717) is 6.04 Å². The van der Waals surface area contributed by atoms with Crippen LogP contribution in [-0.4, -0.2) is 39.8 Å². The Kier molecular flexibility index (Phi) is 4.27. The molecule has 0 saturated carbocycles. The summed E-state index contributed by atoms with van der Waals surface area (Å²) in [6.45, 7) is 3.24. The maximum atomic E-state index is 4.69. The monoisotopic (exact) mass is 325 g/mol. The van der Waals surface area contributed by atoms with Gasteiger partial charge in [-0.2, -0.15) is 5.10 Å². The Hall–Kier alpha value is -1.88. The zero-order chi connectivity index (χ0) is 16.5. The zero-order valence-corrected chi connectivity index (χ0v) is 14.8. The predicted octanol–water partition coefficient (Wildman–Crippen LogP) is 2.92. The Morgan fingerprint density at radius 2 is 2.00 bits per heavy atom. The number of nitrogens with zero attached hydrogens (tertiary/aromatic N) is 5. The first-order valence-corrected chi connectivity index (χ1v) is 9.13. The van der Waals surface area contributed by atoms with Crippen molar-refractivity contribution in [3.63, 3.8) is 0 Å². The van der Waals surface area contributed by atoms with Crippen LogP contribution >= 0.6 is 0 Å². The number of pyridine rings is 1. The standard InChI is InChI=1S/C19H27N5/c1-22(17-6-5-7-18-16(17)13-21-23(18)2)14-15-8-9-19(20-12-15)24-10-3-4-11-24/h8-9,12-13,17H,3-7,10-11,14H2,1-2H3/t17-/m1/s1. The van der Waals surface area contributed by atoms with E-state index in [9.17, 15) is 0 Å². The van der Waals surface area contributed by atoms with Crippen LogP contribution in [0.5, 0.6) is 0 Å². The van der Waals surface area contributed by atoms with Gasteiger partial charge in [0.05, 0.1) is 6.20 Å². The van der Waals surface area contributed by atoms with Gasteiger partial charge in [-0.1, -0.05) is 6.07 Å². The Labute approximate surface area is 144 Å². The van der Waals surface area contributed by atoms with E-state index in [1.807, 2.05) is 4.68 Å². The van der Waals surface area contributed by atoms with E-state index in [2.05, 4.69) is 53.5 Å². The van der Waals surface area contributed by atoms with Gasteiger partial charge in [0.15, 0.2) is 0 Å². The van der Waals surface area contributed by atoms with E-state index in [4.69, 9.17) is 4.98 Å². The summed E-state index contributed by atoms with van der Waals surface area (Å²) in [7, 11) is 4.28. The fourth-order valence-electron chi connectivity index (χ4n) is 4.18. The van der Waals surface area contributed by atoms with Crippen LogP contribution < -0.4 is 4.90 Å². The summed E-state index contributed by atoms with van der Waals surface area (Å²) in [5, 5.41) is 4.47. The van der Waals surface area contributed by atoms with Gasteiger partial charge in [0, 0.05) is 50.2 Å². The summed E-state index contributed by atoms with van der Waals surface area (Å²) >= 11 is 0. The minimum absolute atomic E-state index is 0.473. The minimum atomic E-state index is 0.473. The summed E-state index contributed by atoms with van der Waals surface area (Å²) in [5.41, 5.74) is 4.10. The number of hydrogen-bond acceptors (Lipinski definition) is 4. The second kappa shape index (κ2) is 6.55. The lowest BCUT2D eigenvalue weighted by molar-refractivity contribution is 0.212. The summed E-state index contributed by atoms with van der Waals surface area (Å²) in [4.78, 5) is 9.53. The molecule has 3 heterocycles. The molecule has 1 atom stereocenters. The van der Waals surface area contributed by atoms with Crippen LogP contribution in [0, 0.1) is 0 Å². The molecule has 4 rings (SSSR count). The topological polar surface area (TPSA) is 37.2 Å².